The average Bonchev–Trinajstić information content (AvgIpc) is 3.33. The number of thiophene rings is 1. The molecule has 2 aromatic heterocycles. The van der Waals surface area contributed by atoms with Gasteiger partial charge in [-0.25, -0.2) is 0 Å². The second kappa shape index (κ2) is 8.26. The molecular formula is C19H16N2O4S. The lowest BCUT2D eigenvalue weighted by Crippen LogP contribution is -2.14. The van der Waals surface area contributed by atoms with Crippen molar-refractivity contribution in [3.63, 3.8) is 0 Å². The van der Waals surface area contributed by atoms with Gasteiger partial charge >= 0.3 is 0 Å². The molecule has 0 radical (unpaired) electrons. The molecule has 0 fully saturated rings. The normalized spacial score (nSPS) is 10.3. The lowest BCUT2D eigenvalue weighted by Gasteiger charge is -2.08. The minimum Gasteiger partial charge on any atom is -0.459 e. The largest absolute Gasteiger partial charge is 0.459 e. The van der Waals surface area contributed by atoms with Crippen molar-refractivity contribution in [2.24, 2.45) is 0 Å². The summed E-state index contributed by atoms with van der Waals surface area (Å²) in [5, 5.41) is 7.25. The molecule has 132 valence electrons. The van der Waals surface area contributed by atoms with Gasteiger partial charge in [0.1, 0.15) is 0 Å². The second-order valence-electron chi connectivity index (χ2n) is 5.46. The lowest BCUT2D eigenvalue weighted by atomic mass is 10.2. The Morgan fingerprint density at radius 1 is 0.923 bits per heavy atom. The van der Waals surface area contributed by atoms with Gasteiger partial charge < -0.3 is 15.1 Å². The molecule has 0 saturated heterocycles. The van der Waals surface area contributed by atoms with E-state index in [0.29, 0.717) is 16.3 Å². The minimum absolute atomic E-state index is 0.0467. The van der Waals surface area contributed by atoms with E-state index in [1.807, 2.05) is 5.38 Å². The molecule has 0 aliphatic rings. The number of nitrogens with one attached hydrogen (secondary N) is 2. The van der Waals surface area contributed by atoms with Gasteiger partial charge in [-0.15, -0.1) is 11.3 Å². The SMILES string of the molecule is O=C(CCC(=O)c1cccs1)Nc1cccc(NC(=O)c2ccco2)c1. The van der Waals surface area contributed by atoms with Crippen LogP contribution in [-0.2, 0) is 4.79 Å². The molecule has 3 aromatic rings. The van der Waals surface area contributed by atoms with Gasteiger partial charge in [0.05, 0.1) is 11.1 Å². The number of hydrogen-bond acceptors (Lipinski definition) is 5. The zero-order chi connectivity index (χ0) is 18.4. The fourth-order valence-electron chi connectivity index (χ4n) is 2.29. The first-order valence-electron chi connectivity index (χ1n) is 7.93. The Bertz CT molecular complexity index is 902. The molecule has 0 spiro atoms. The summed E-state index contributed by atoms with van der Waals surface area (Å²) in [7, 11) is 0. The van der Waals surface area contributed by atoms with Gasteiger partial charge in [-0.05, 0) is 41.8 Å². The zero-order valence-electron chi connectivity index (χ0n) is 13.7. The Hall–Kier alpha value is -3.19. The highest BCUT2D eigenvalue weighted by atomic mass is 32.1. The third-order valence-corrected chi connectivity index (χ3v) is 4.44. The van der Waals surface area contributed by atoms with Crippen molar-refractivity contribution in [3.05, 3.63) is 70.8 Å². The number of ketones is 1. The highest BCUT2D eigenvalue weighted by molar-refractivity contribution is 7.12. The molecule has 2 heterocycles. The van der Waals surface area contributed by atoms with Crippen molar-refractivity contribution in [1.82, 2.24) is 0 Å². The summed E-state index contributed by atoms with van der Waals surface area (Å²) in [5.41, 5.74) is 1.06. The molecular weight excluding hydrogens is 352 g/mol. The third kappa shape index (κ3) is 4.67. The van der Waals surface area contributed by atoms with Crippen LogP contribution in [-0.4, -0.2) is 17.6 Å². The molecule has 0 aliphatic carbocycles. The van der Waals surface area contributed by atoms with Crippen molar-refractivity contribution >= 4 is 40.3 Å². The predicted molar refractivity (Wildman–Crippen MR) is 99.6 cm³/mol. The number of rotatable bonds is 7. The van der Waals surface area contributed by atoms with Gasteiger partial charge in [0, 0.05) is 24.2 Å². The Kier molecular flexibility index (Phi) is 5.60. The Labute approximate surface area is 153 Å². The average molecular weight is 368 g/mol. The number of amides is 2. The first-order valence-corrected chi connectivity index (χ1v) is 8.81. The molecule has 0 saturated carbocycles. The van der Waals surface area contributed by atoms with E-state index < -0.39 is 0 Å². The Morgan fingerprint density at radius 3 is 2.42 bits per heavy atom. The van der Waals surface area contributed by atoms with Gasteiger partial charge in [-0.1, -0.05) is 12.1 Å². The van der Waals surface area contributed by atoms with Crippen LogP contribution in [0, 0.1) is 0 Å². The van der Waals surface area contributed by atoms with Gasteiger partial charge in [-0.3, -0.25) is 14.4 Å². The van der Waals surface area contributed by atoms with E-state index in [0.717, 1.165) is 0 Å². The molecule has 7 heteroatoms. The van der Waals surface area contributed by atoms with Crippen LogP contribution >= 0.6 is 11.3 Å². The standard InChI is InChI=1S/C19H16N2O4S/c22-15(17-7-3-11-26-17)8-9-18(23)20-13-4-1-5-14(12-13)21-19(24)16-6-2-10-25-16/h1-7,10-12H,8-9H2,(H,20,23)(H,21,24). The van der Waals surface area contributed by atoms with E-state index >= 15 is 0 Å². The van der Waals surface area contributed by atoms with Crippen LogP contribution in [0.25, 0.3) is 0 Å². The molecule has 2 amide bonds. The van der Waals surface area contributed by atoms with Gasteiger partial charge in [0.15, 0.2) is 11.5 Å². The Morgan fingerprint density at radius 2 is 1.73 bits per heavy atom. The van der Waals surface area contributed by atoms with E-state index in [9.17, 15) is 14.4 Å². The van der Waals surface area contributed by atoms with Crippen LogP contribution in [0.1, 0.15) is 33.1 Å². The van der Waals surface area contributed by atoms with Crippen molar-refractivity contribution in [2.45, 2.75) is 12.8 Å². The van der Waals surface area contributed by atoms with E-state index in [2.05, 4.69) is 10.6 Å². The maximum atomic E-state index is 12.0. The number of carbonyl (C=O) groups is 3. The molecule has 2 N–H and O–H groups in total. The molecule has 0 aliphatic heterocycles. The zero-order valence-corrected chi connectivity index (χ0v) is 14.5. The lowest BCUT2D eigenvalue weighted by molar-refractivity contribution is -0.116. The molecule has 26 heavy (non-hydrogen) atoms. The molecule has 0 unspecified atom stereocenters. The summed E-state index contributed by atoms with van der Waals surface area (Å²) in [6.07, 6.45) is 1.67. The van der Waals surface area contributed by atoms with E-state index in [1.54, 1.807) is 48.5 Å². The molecule has 1 aromatic carbocycles. The Balaban J connectivity index is 1.53. The van der Waals surface area contributed by atoms with Crippen LogP contribution in [0.4, 0.5) is 11.4 Å². The van der Waals surface area contributed by atoms with Crippen molar-refractivity contribution < 1.29 is 18.8 Å². The van der Waals surface area contributed by atoms with Gasteiger partial charge in [0.25, 0.3) is 5.91 Å². The fourth-order valence-corrected chi connectivity index (χ4v) is 2.98. The van der Waals surface area contributed by atoms with Crippen molar-refractivity contribution in [1.29, 1.82) is 0 Å². The smallest absolute Gasteiger partial charge is 0.291 e. The number of hydrogen-bond donors (Lipinski definition) is 2. The number of carbonyl (C=O) groups excluding carboxylic acids is 3. The minimum atomic E-state index is -0.375. The molecule has 3 rings (SSSR count). The first kappa shape index (κ1) is 17.6. The highest BCUT2D eigenvalue weighted by Gasteiger charge is 2.12. The van der Waals surface area contributed by atoms with Crippen LogP contribution in [0.15, 0.2) is 64.6 Å². The van der Waals surface area contributed by atoms with Crippen LogP contribution in [0.5, 0.6) is 0 Å². The van der Waals surface area contributed by atoms with E-state index in [1.165, 1.54) is 17.6 Å². The van der Waals surface area contributed by atoms with Crippen molar-refractivity contribution in [3.8, 4) is 0 Å². The van der Waals surface area contributed by atoms with E-state index in [-0.39, 0.29) is 36.2 Å². The topological polar surface area (TPSA) is 88.4 Å². The van der Waals surface area contributed by atoms with Gasteiger partial charge in [0.2, 0.25) is 5.91 Å². The summed E-state index contributed by atoms with van der Waals surface area (Å²) in [4.78, 5) is 36.6. The van der Waals surface area contributed by atoms with Crippen molar-refractivity contribution in [2.75, 3.05) is 10.6 Å². The second-order valence-corrected chi connectivity index (χ2v) is 6.41. The molecule has 0 bridgehead atoms. The fraction of sp³-hybridized carbons (Fsp3) is 0.105. The number of anilines is 2. The monoisotopic (exact) mass is 368 g/mol. The summed E-state index contributed by atoms with van der Waals surface area (Å²) in [5.74, 6) is -0.481. The predicted octanol–water partition coefficient (Wildman–Crippen LogP) is 4.20. The quantitative estimate of drug-likeness (QED) is 0.612. The third-order valence-electron chi connectivity index (χ3n) is 3.52. The summed E-state index contributed by atoms with van der Waals surface area (Å²) in [6.45, 7) is 0. The maximum absolute atomic E-state index is 12.0. The summed E-state index contributed by atoms with van der Waals surface area (Å²) >= 11 is 1.36. The number of furan rings is 1. The van der Waals surface area contributed by atoms with Crippen LogP contribution in [0.3, 0.4) is 0 Å². The van der Waals surface area contributed by atoms with Gasteiger partial charge in [-0.2, -0.15) is 0 Å². The maximum Gasteiger partial charge on any atom is 0.291 e. The highest BCUT2D eigenvalue weighted by Crippen LogP contribution is 2.17. The van der Waals surface area contributed by atoms with Crippen LogP contribution < -0.4 is 10.6 Å². The summed E-state index contributed by atoms with van der Waals surface area (Å²) < 4.78 is 5.03. The summed E-state index contributed by atoms with van der Waals surface area (Å²) in [6, 6.07) is 13.5. The first-order chi connectivity index (χ1) is 12.6. The number of benzene rings is 1. The molecule has 6 nitrogen and oxygen atoms in total. The van der Waals surface area contributed by atoms with E-state index in [4.69, 9.17) is 4.42 Å². The number of Topliss-reactive ketones (excluding diaryl/α,β-unsaturated/α-hetero) is 1. The van der Waals surface area contributed by atoms with Crippen LogP contribution in [0.2, 0.25) is 0 Å². The molecule has 0 atom stereocenters.